The van der Waals surface area contributed by atoms with Gasteiger partial charge in [-0.3, -0.25) is 0 Å². The van der Waals surface area contributed by atoms with Crippen molar-refractivity contribution >= 4 is 38.3 Å². The number of aryl methyl sites for hydroxylation is 1. The average molecular weight is 295 g/mol. The summed E-state index contributed by atoms with van der Waals surface area (Å²) in [6.45, 7) is 5.97. The third-order valence-electron chi connectivity index (χ3n) is 2.26. The number of rotatable bonds is 5. The van der Waals surface area contributed by atoms with Crippen molar-refractivity contribution in [2.45, 2.75) is 29.7 Å². The molecule has 0 fully saturated rings. The Bertz CT molecular complexity index is 494. The molecule has 0 unspecified atom stereocenters. The lowest BCUT2D eigenvalue weighted by molar-refractivity contribution is 0.572. The van der Waals surface area contributed by atoms with Gasteiger partial charge in [0.15, 0.2) is 9.34 Å². The SMILES string of the molecule is CSC(C)(C)CNS(=O)(=O)c1sc(N)nc1C. The molecule has 0 radical (unpaired) electrons. The van der Waals surface area contributed by atoms with Gasteiger partial charge in [0.25, 0.3) is 10.0 Å². The van der Waals surface area contributed by atoms with E-state index in [4.69, 9.17) is 5.73 Å². The molecule has 98 valence electrons. The first-order chi connectivity index (χ1) is 7.68. The van der Waals surface area contributed by atoms with Gasteiger partial charge >= 0.3 is 0 Å². The highest BCUT2D eigenvalue weighted by Gasteiger charge is 2.24. The molecule has 1 aromatic heterocycles. The van der Waals surface area contributed by atoms with E-state index in [0.29, 0.717) is 12.2 Å². The molecule has 0 saturated heterocycles. The Labute approximate surface area is 110 Å². The molecule has 1 heterocycles. The van der Waals surface area contributed by atoms with Gasteiger partial charge in [0, 0.05) is 11.3 Å². The highest BCUT2D eigenvalue weighted by molar-refractivity contribution is 8.00. The minimum atomic E-state index is -3.50. The molecule has 0 aliphatic heterocycles. The molecule has 5 nitrogen and oxygen atoms in total. The van der Waals surface area contributed by atoms with Crippen LogP contribution in [0.25, 0.3) is 0 Å². The summed E-state index contributed by atoms with van der Waals surface area (Å²) in [5.74, 6) is 0. The fourth-order valence-electron chi connectivity index (χ4n) is 1.06. The lowest BCUT2D eigenvalue weighted by Crippen LogP contribution is -2.36. The Morgan fingerprint density at radius 1 is 1.53 bits per heavy atom. The van der Waals surface area contributed by atoms with Gasteiger partial charge in [-0.2, -0.15) is 11.8 Å². The first-order valence-electron chi connectivity index (χ1n) is 4.96. The van der Waals surface area contributed by atoms with Crippen molar-refractivity contribution in [3.05, 3.63) is 5.69 Å². The number of nitrogens with one attached hydrogen (secondary N) is 1. The molecule has 1 rings (SSSR count). The smallest absolute Gasteiger partial charge is 0.252 e. The minimum Gasteiger partial charge on any atom is -0.375 e. The molecule has 0 aliphatic carbocycles. The van der Waals surface area contributed by atoms with Crippen LogP contribution in [-0.2, 0) is 10.0 Å². The Morgan fingerprint density at radius 3 is 2.53 bits per heavy atom. The second-order valence-electron chi connectivity index (χ2n) is 4.21. The van der Waals surface area contributed by atoms with Crippen molar-refractivity contribution in [3.63, 3.8) is 0 Å². The van der Waals surface area contributed by atoms with Crippen LogP contribution in [0.15, 0.2) is 4.21 Å². The summed E-state index contributed by atoms with van der Waals surface area (Å²) < 4.78 is 26.7. The van der Waals surface area contributed by atoms with E-state index in [1.165, 1.54) is 0 Å². The Hall–Kier alpha value is -0.310. The molecule has 0 spiro atoms. The van der Waals surface area contributed by atoms with Crippen LogP contribution in [0.5, 0.6) is 0 Å². The predicted molar refractivity (Wildman–Crippen MR) is 74.0 cm³/mol. The van der Waals surface area contributed by atoms with Gasteiger partial charge in [-0.1, -0.05) is 11.3 Å². The molecule has 0 atom stereocenters. The summed E-state index contributed by atoms with van der Waals surface area (Å²) in [6.07, 6.45) is 1.95. The molecule has 0 amide bonds. The standard InChI is InChI=1S/C9H17N3O2S3/c1-6-7(16-8(10)12-6)17(13,14)11-5-9(2,3)15-4/h11H,5H2,1-4H3,(H2,10,12). The number of hydrogen-bond donors (Lipinski definition) is 2. The van der Waals surface area contributed by atoms with E-state index in [2.05, 4.69) is 9.71 Å². The van der Waals surface area contributed by atoms with Crippen LogP contribution in [-0.4, -0.2) is 30.9 Å². The lowest BCUT2D eigenvalue weighted by Gasteiger charge is -2.21. The fourth-order valence-corrected chi connectivity index (χ4v) is 3.92. The quantitative estimate of drug-likeness (QED) is 0.859. The summed E-state index contributed by atoms with van der Waals surface area (Å²) in [5, 5.41) is 0.270. The molecule has 1 aromatic rings. The molecular weight excluding hydrogens is 278 g/mol. The van der Waals surface area contributed by atoms with Crippen LogP contribution < -0.4 is 10.5 Å². The molecule has 3 N–H and O–H groups in total. The van der Waals surface area contributed by atoms with Crippen molar-refractivity contribution in [2.24, 2.45) is 0 Å². The van der Waals surface area contributed by atoms with E-state index in [1.54, 1.807) is 18.7 Å². The Morgan fingerprint density at radius 2 is 2.12 bits per heavy atom. The average Bonchev–Trinajstić information content (AvgIpc) is 2.56. The molecule has 0 aliphatic rings. The van der Waals surface area contributed by atoms with Crippen LogP contribution in [0.4, 0.5) is 5.13 Å². The highest BCUT2D eigenvalue weighted by Crippen LogP contribution is 2.26. The predicted octanol–water partition coefficient (Wildman–Crippen LogP) is 1.45. The first kappa shape index (κ1) is 14.7. The van der Waals surface area contributed by atoms with Crippen molar-refractivity contribution in [1.82, 2.24) is 9.71 Å². The van der Waals surface area contributed by atoms with E-state index in [1.807, 2.05) is 20.1 Å². The largest absolute Gasteiger partial charge is 0.375 e. The third-order valence-corrected chi connectivity index (χ3v) is 6.50. The summed E-state index contributed by atoms with van der Waals surface area (Å²) in [4.78, 5) is 3.91. The number of nitrogens with two attached hydrogens (primary N) is 1. The van der Waals surface area contributed by atoms with Crippen LogP contribution in [0.3, 0.4) is 0 Å². The zero-order valence-corrected chi connectivity index (χ0v) is 12.7. The number of anilines is 1. The Kier molecular flexibility index (Phi) is 4.45. The zero-order chi connectivity index (χ0) is 13.3. The summed E-state index contributed by atoms with van der Waals surface area (Å²) in [5.41, 5.74) is 5.94. The lowest BCUT2D eigenvalue weighted by atomic mass is 10.2. The topological polar surface area (TPSA) is 85.1 Å². The van der Waals surface area contributed by atoms with E-state index < -0.39 is 10.0 Å². The number of hydrogen-bond acceptors (Lipinski definition) is 6. The summed E-state index contributed by atoms with van der Waals surface area (Å²) >= 11 is 2.60. The molecule has 0 bridgehead atoms. The van der Waals surface area contributed by atoms with Crippen LogP contribution in [0, 0.1) is 6.92 Å². The number of thiazole rings is 1. The number of thioether (sulfide) groups is 1. The van der Waals surface area contributed by atoms with Crippen LogP contribution >= 0.6 is 23.1 Å². The number of nitrogens with zero attached hydrogens (tertiary/aromatic N) is 1. The van der Waals surface area contributed by atoms with Crippen LogP contribution in [0.2, 0.25) is 0 Å². The van der Waals surface area contributed by atoms with Crippen molar-refractivity contribution < 1.29 is 8.42 Å². The molecular formula is C9H17N3O2S3. The van der Waals surface area contributed by atoms with Gasteiger partial charge in [-0.15, -0.1) is 0 Å². The fraction of sp³-hybridized carbons (Fsp3) is 0.667. The molecule has 17 heavy (non-hydrogen) atoms. The van der Waals surface area contributed by atoms with Gasteiger partial charge in [0.1, 0.15) is 0 Å². The van der Waals surface area contributed by atoms with Crippen molar-refractivity contribution in [2.75, 3.05) is 18.5 Å². The second kappa shape index (κ2) is 5.13. The monoisotopic (exact) mass is 295 g/mol. The minimum absolute atomic E-state index is 0.142. The highest BCUT2D eigenvalue weighted by atomic mass is 32.2. The first-order valence-corrected chi connectivity index (χ1v) is 8.48. The maximum atomic E-state index is 12.0. The van der Waals surface area contributed by atoms with Gasteiger partial charge in [0.2, 0.25) is 0 Å². The van der Waals surface area contributed by atoms with Gasteiger partial charge in [-0.25, -0.2) is 18.1 Å². The second-order valence-corrected chi connectivity index (χ2v) is 8.72. The number of aromatic nitrogens is 1. The number of sulfonamides is 1. The molecule has 0 aromatic carbocycles. The maximum absolute atomic E-state index is 12.0. The Balaban J connectivity index is 2.87. The summed E-state index contributed by atoms with van der Waals surface area (Å²) in [6, 6.07) is 0. The number of nitrogen functional groups attached to an aromatic ring is 1. The van der Waals surface area contributed by atoms with E-state index >= 15 is 0 Å². The zero-order valence-electron chi connectivity index (χ0n) is 10.3. The summed E-state index contributed by atoms with van der Waals surface area (Å²) in [7, 11) is -3.50. The van der Waals surface area contributed by atoms with Crippen molar-refractivity contribution in [3.8, 4) is 0 Å². The maximum Gasteiger partial charge on any atom is 0.252 e. The normalized spacial score (nSPS) is 12.9. The van der Waals surface area contributed by atoms with E-state index in [0.717, 1.165) is 11.3 Å². The van der Waals surface area contributed by atoms with E-state index in [9.17, 15) is 8.42 Å². The van der Waals surface area contributed by atoms with Gasteiger partial charge in [0.05, 0.1) is 5.69 Å². The van der Waals surface area contributed by atoms with Crippen LogP contribution in [0.1, 0.15) is 19.5 Å². The third kappa shape index (κ3) is 3.84. The molecule has 8 heteroatoms. The van der Waals surface area contributed by atoms with E-state index in [-0.39, 0.29) is 14.1 Å². The van der Waals surface area contributed by atoms with Gasteiger partial charge < -0.3 is 5.73 Å². The molecule has 0 saturated carbocycles. The van der Waals surface area contributed by atoms with Crippen molar-refractivity contribution in [1.29, 1.82) is 0 Å². The van der Waals surface area contributed by atoms with Gasteiger partial charge in [-0.05, 0) is 27.0 Å².